The molecule has 0 atom stereocenters. The number of fused-ring (bicyclic) bond motifs is 1. The van der Waals surface area contributed by atoms with Crippen LogP contribution in [0.3, 0.4) is 0 Å². The minimum atomic E-state index is -0.177. The Morgan fingerprint density at radius 2 is 1.83 bits per heavy atom. The fourth-order valence-electron chi connectivity index (χ4n) is 2.46. The van der Waals surface area contributed by atoms with Gasteiger partial charge in [-0.3, -0.25) is 4.79 Å². The average Bonchev–Trinajstić information content (AvgIpc) is 3.03. The zero-order chi connectivity index (χ0) is 16.9. The van der Waals surface area contributed by atoms with Gasteiger partial charge in [-0.25, -0.2) is 4.98 Å². The van der Waals surface area contributed by atoms with Gasteiger partial charge in [-0.05, 0) is 24.3 Å². The van der Waals surface area contributed by atoms with E-state index in [9.17, 15) is 4.79 Å². The largest absolute Gasteiger partial charge is 0.497 e. The Morgan fingerprint density at radius 1 is 1.12 bits per heavy atom. The van der Waals surface area contributed by atoms with Crippen molar-refractivity contribution in [1.82, 2.24) is 15.3 Å². The van der Waals surface area contributed by atoms with Gasteiger partial charge >= 0.3 is 0 Å². The van der Waals surface area contributed by atoms with Crippen molar-refractivity contribution in [1.29, 1.82) is 0 Å². The molecule has 0 radical (unpaired) electrons. The van der Waals surface area contributed by atoms with Crippen LogP contribution in [0.15, 0.2) is 42.5 Å². The number of hydrogen-bond acceptors (Lipinski definition) is 4. The normalized spacial score (nSPS) is 10.6. The van der Waals surface area contributed by atoms with E-state index in [1.165, 1.54) is 0 Å². The Labute approximate surface area is 139 Å². The highest BCUT2D eigenvalue weighted by atomic mass is 16.5. The number of nitrogens with zero attached hydrogens (tertiary/aromatic N) is 1. The molecule has 0 saturated heterocycles. The molecule has 3 rings (SSSR count). The van der Waals surface area contributed by atoms with Crippen molar-refractivity contribution in [2.45, 2.75) is 6.42 Å². The predicted molar refractivity (Wildman–Crippen MR) is 91.7 cm³/mol. The molecule has 2 N–H and O–H groups in total. The van der Waals surface area contributed by atoms with Crippen molar-refractivity contribution in [2.75, 3.05) is 20.8 Å². The second-order valence-electron chi connectivity index (χ2n) is 5.31. The summed E-state index contributed by atoms with van der Waals surface area (Å²) in [6, 6.07) is 12.9. The number of benzene rings is 2. The summed E-state index contributed by atoms with van der Waals surface area (Å²) < 4.78 is 10.4. The van der Waals surface area contributed by atoms with Crippen LogP contribution in [0.5, 0.6) is 11.5 Å². The van der Waals surface area contributed by atoms with Crippen LogP contribution in [-0.4, -0.2) is 36.6 Å². The first-order valence-corrected chi connectivity index (χ1v) is 7.64. The first kappa shape index (κ1) is 15.9. The van der Waals surface area contributed by atoms with Gasteiger partial charge in [-0.15, -0.1) is 0 Å². The minimum absolute atomic E-state index is 0.177. The lowest BCUT2D eigenvalue weighted by atomic mass is 10.2. The standard InChI is InChI=1S/C18H19N3O3/c1-23-13-9-12(10-14(11-13)24-2)18(22)19-8-7-17-20-15-5-3-4-6-16(15)21-17/h3-6,9-11H,7-8H2,1-2H3,(H,19,22)(H,20,21). The lowest BCUT2D eigenvalue weighted by Gasteiger charge is -2.09. The molecule has 0 aliphatic heterocycles. The van der Waals surface area contributed by atoms with Crippen LogP contribution >= 0.6 is 0 Å². The monoisotopic (exact) mass is 325 g/mol. The van der Waals surface area contributed by atoms with Gasteiger partial charge in [0.15, 0.2) is 0 Å². The fourth-order valence-corrected chi connectivity index (χ4v) is 2.46. The zero-order valence-corrected chi connectivity index (χ0v) is 13.6. The lowest BCUT2D eigenvalue weighted by Crippen LogP contribution is -2.26. The molecule has 3 aromatic rings. The van der Waals surface area contributed by atoms with E-state index in [4.69, 9.17) is 9.47 Å². The number of imidazole rings is 1. The highest BCUT2D eigenvalue weighted by Gasteiger charge is 2.10. The Hall–Kier alpha value is -3.02. The topological polar surface area (TPSA) is 76.2 Å². The molecule has 0 fully saturated rings. The van der Waals surface area contributed by atoms with Gasteiger partial charge in [0.05, 0.1) is 25.3 Å². The summed E-state index contributed by atoms with van der Waals surface area (Å²) in [5.41, 5.74) is 2.42. The molecule has 24 heavy (non-hydrogen) atoms. The van der Waals surface area contributed by atoms with Crippen molar-refractivity contribution in [3.8, 4) is 11.5 Å². The quantitative estimate of drug-likeness (QED) is 0.730. The molecule has 0 unspecified atom stereocenters. The van der Waals surface area contributed by atoms with Gasteiger partial charge in [-0.2, -0.15) is 0 Å². The number of methoxy groups -OCH3 is 2. The molecule has 0 bridgehead atoms. The van der Waals surface area contributed by atoms with Gasteiger partial charge in [0.25, 0.3) is 5.91 Å². The summed E-state index contributed by atoms with van der Waals surface area (Å²) in [7, 11) is 3.11. The Balaban J connectivity index is 1.63. The fraction of sp³-hybridized carbons (Fsp3) is 0.222. The molecular formula is C18H19N3O3. The van der Waals surface area contributed by atoms with E-state index in [1.54, 1.807) is 32.4 Å². The summed E-state index contributed by atoms with van der Waals surface area (Å²) in [4.78, 5) is 20.0. The van der Waals surface area contributed by atoms with Gasteiger partial charge in [0.1, 0.15) is 17.3 Å². The minimum Gasteiger partial charge on any atom is -0.497 e. The van der Waals surface area contributed by atoms with Gasteiger partial charge in [-0.1, -0.05) is 12.1 Å². The second kappa shape index (κ2) is 7.04. The maximum absolute atomic E-state index is 12.3. The molecular weight excluding hydrogens is 306 g/mol. The molecule has 6 nitrogen and oxygen atoms in total. The van der Waals surface area contributed by atoms with Gasteiger partial charge in [0.2, 0.25) is 0 Å². The van der Waals surface area contributed by atoms with Crippen LogP contribution in [0.4, 0.5) is 0 Å². The van der Waals surface area contributed by atoms with Crippen molar-refractivity contribution in [2.24, 2.45) is 0 Å². The molecule has 124 valence electrons. The summed E-state index contributed by atoms with van der Waals surface area (Å²) in [6.45, 7) is 0.484. The first-order chi connectivity index (χ1) is 11.7. The summed E-state index contributed by atoms with van der Waals surface area (Å²) in [6.07, 6.45) is 0.627. The van der Waals surface area contributed by atoms with E-state index in [-0.39, 0.29) is 5.91 Å². The molecule has 0 saturated carbocycles. The van der Waals surface area contributed by atoms with Crippen LogP contribution in [0.2, 0.25) is 0 Å². The van der Waals surface area contributed by atoms with Crippen molar-refractivity contribution in [3.63, 3.8) is 0 Å². The Kier molecular flexibility index (Phi) is 4.65. The predicted octanol–water partition coefficient (Wildman–Crippen LogP) is 2.55. The van der Waals surface area contributed by atoms with E-state index in [0.717, 1.165) is 16.9 Å². The number of nitrogens with one attached hydrogen (secondary N) is 2. The third-order valence-corrected chi connectivity index (χ3v) is 3.70. The molecule has 6 heteroatoms. The molecule has 1 aromatic heterocycles. The van der Waals surface area contributed by atoms with Gasteiger partial charge in [0, 0.05) is 24.6 Å². The van der Waals surface area contributed by atoms with Gasteiger partial charge < -0.3 is 19.8 Å². The molecule has 1 amide bonds. The number of ether oxygens (including phenoxy) is 2. The second-order valence-corrected chi connectivity index (χ2v) is 5.31. The van der Waals surface area contributed by atoms with E-state index < -0.39 is 0 Å². The third-order valence-electron chi connectivity index (χ3n) is 3.70. The SMILES string of the molecule is COc1cc(OC)cc(C(=O)NCCc2nc3ccccc3[nH]2)c1. The molecule has 0 aliphatic carbocycles. The Bertz CT molecular complexity index is 802. The maximum Gasteiger partial charge on any atom is 0.251 e. The van der Waals surface area contributed by atoms with Crippen molar-refractivity contribution in [3.05, 3.63) is 53.9 Å². The number of amides is 1. The molecule has 2 aromatic carbocycles. The van der Waals surface area contributed by atoms with Crippen LogP contribution in [0, 0.1) is 0 Å². The molecule has 1 heterocycles. The van der Waals surface area contributed by atoms with E-state index in [1.807, 2.05) is 24.3 Å². The molecule has 0 aliphatic rings. The van der Waals surface area contributed by atoms with E-state index in [0.29, 0.717) is 30.0 Å². The number of rotatable bonds is 6. The average molecular weight is 325 g/mol. The van der Waals surface area contributed by atoms with Crippen LogP contribution in [-0.2, 0) is 6.42 Å². The first-order valence-electron chi connectivity index (χ1n) is 7.64. The number of aromatic nitrogens is 2. The van der Waals surface area contributed by atoms with Crippen LogP contribution in [0.25, 0.3) is 11.0 Å². The lowest BCUT2D eigenvalue weighted by molar-refractivity contribution is 0.0953. The summed E-state index contributed by atoms with van der Waals surface area (Å²) in [5, 5.41) is 2.88. The number of aromatic amines is 1. The Morgan fingerprint density at radius 3 is 2.50 bits per heavy atom. The number of H-pyrrole nitrogens is 1. The molecule has 0 spiro atoms. The number of carbonyl (C=O) groups excluding carboxylic acids is 1. The highest BCUT2D eigenvalue weighted by Crippen LogP contribution is 2.22. The summed E-state index contributed by atoms with van der Waals surface area (Å²) in [5.74, 6) is 1.83. The van der Waals surface area contributed by atoms with Crippen LogP contribution < -0.4 is 14.8 Å². The number of hydrogen-bond donors (Lipinski definition) is 2. The number of para-hydroxylation sites is 2. The third kappa shape index (κ3) is 3.48. The highest BCUT2D eigenvalue weighted by molar-refractivity contribution is 5.95. The maximum atomic E-state index is 12.3. The zero-order valence-electron chi connectivity index (χ0n) is 13.6. The van der Waals surface area contributed by atoms with Crippen molar-refractivity contribution >= 4 is 16.9 Å². The van der Waals surface area contributed by atoms with Crippen molar-refractivity contribution < 1.29 is 14.3 Å². The van der Waals surface area contributed by atoms with E-state index >= 15 is 0 Å². The summed E-state index contributed by atoms with van der Waals surface area (Å²) >= 11 is 0. The van der Waals surface area contributed by atoms with Crippen LogP contribution in [0.1, 0.15) is 16.2 Å². The smallest absolute Gasteiger partial charge is 0.251 e. The number of carbonyl (C=O) groups is 1. The van der Waals surface area contributed by atoms with E-state index in [2.05, 4.69) is 15.3 Å².